The smallest absolute Gasteiger partial charge is 0.259 e. The minimum absolute atomic E-state index is 0.0953. The number of anilines is 1. The summed E-state index contributed by atoms with van der Waals surface area (Å²) in [4.78, 5) is 12.1. The van der Waals surface area contributed by atoms with Crippen LogP contribution in [0, 0.1) is 5.82 Å². The molecule has 0 bridgehead atoms. The van der Waals surface area contributed by atoms with E-state index in [9.17, 15) is 14.3 Å². The van der Waals surface area contributed by atoms with Gasteiger partial charge in [-0.05, 0) is 49.9 Å². The highest BCUT2D eigenvalue weighted by Crippen LogP contribution is 2.21. The Bertz CT molecular complexity index is 658. The van der Waals surface area contributed by atoms with Gasteiger partial charge in [0, 0.05) is 11.7 Å². The number of phenols is 1. The number of aromatic hydroxyl groups is 1. The molecule has 0 aliphatic heterocycles. The zero-order valence-corrected chi connectivity index (χ0v) is 11.9. The highest BCUT2D eigenvalue weighted by atomic mass is 19.1. The maximum Gasteiger partial charge on any atom is 0.259 e. The second-order valence-electron chi connectivity index (χ2n) is 4.75. The van der Waals surface area contributed by atoms with E-state index in [1.165, 1.54) is 0 Å². The fourth-order valence-corrected chi connectivity index (χ4v) is 1.94. The maximum atomic E-state index is 13.2. The van der Waals surface area contributed by atoms with E-state index in [2.05, 4.69) is 10.6 Å². The van der Waals surface area contributed by atoms with E-state index >= 15 is 0 Å². The first-order chi connectivity index (χ1) is 10.0. The maximum absolute atomic E-state index is 13.2. The number of benzene rings is 2. The SMILES string of the molecule is CNC(C)c1cccc(NC(=O)c2cc(F)ccc2O)c1. The van der Waals surface area contributed by atoms with Crippen molar-refractivity contribution in [1.82, 2.24) is 5.32 Å². The van der Waals surface area contributed by atoms with Gasteiger partial charge in [-0.25, -0.2) is 4.39 Å². The van der Waals surface area contributed by atoms with Crippen molar-refractivity contribution in [3.05, 3.63) is 59.4 Å². The number of hydrogen-bond acceptors (Lipinski definition) is 3. The summed E-state index contributed by atoms with van der Waals surface area (Å²) in [7, 11) is 1.85. The van der Waals surface area contributed by atoms with Crippen LogP contribution in [0.1, 0.15) is 28.9 Å². The molecule has 4 nitrogen and oxygen atoms in total. The Morgan fingerprint density at radius 2 is 2.00 bits per heavy atom. The molecule has 0 aliphatic rings. The van der Waals surface area contributed by atoms with Gasteiger partial charge in [0.1, 0.15) is 11.6 Å². The predicted molar refractivity (Wildman–Crippen MR) is 79.9 cm³/mol. The molecule has 2 aromatic rings. The molecule has 21 heavy (non-hydrogen) atoms. The van der Waals surface area contributed by atoms with Gasteiger partial charge >= 0.3 is 0 Å². The van der Waals surface area contributed by atoms with Gasteiger partial charge in [0.15, 0.2) is 0 Å². The van der Waals surface area contributed by atoms with Crippen molar-refractivity contribution in [2.24, 2.45) is 0 Å². The fraction of sp³-hybridized carbons (Fsp3) is 0.188. The Kier molecular flexibility index (Phi) is 4.55. The highest BCUT2D eigenvalue weighted by molar-refractivity contribution is 6.06. The van der Waals surface area contributed by atoms with Crippen LogP contribution in [0.3, 0.4) is 0 Å². The van der Waals surface area contributed by atoms with Gasteiger partial charge in [0.25, 0.3) is 5.91 Å². The van der Waals surface area contributed by atoms with Gasteiger partial charge in [-0.2, -0.15) is 0 Å². The average Bonchev–Trinajstić information content (AvgIpc) is 2.49. The first-order valence-electron chi connectivity index (χ1n) is 6.58. The molecule has 0 saturated heterocycles. The van der Waals surface area contributed by atoms with E-state index in [4.69, 9.17) is 0 Å². The molecule has 2 rings (SSSR count). The Labute approximate surface area is 122 Å². The van der Waals surface area contributed by atoms with E-state index in [1.54, 1.807) is 6.07 Å². The van der Waals surface area contributed by atoms with Crippen molar-refractivity contribution in [3.8, 4) is 5.75 Å². The Hall–Kier alpha value is -2.40. The summed E-state index contributed by atoms with van der Waals surface area (Å²) < 4.78 is 13.2. The molecule has 1 unspecified atom stereocenters. The Morgan fingerprint density at radius 1 is 1.24 bits per heavy atom. The lowest BCUT2D eigenvalue weighted by atomic mass is 10.1. The van der Waals surface area contributed by atoms with Crippen LogP contribution in [0.4, 0.5) is 10.1 Å². The number of phenolic OH excluding ortho intramolecular Hbond substituents is 1. The standard InChI is InChI=1S/C16H17FN2O2/c1-10(18-2)11-4-3-5-13(8-11)19-16(21)14-9-12(17)6-7-15(14)20/h3-10,18,20H,1-2H3,(H,19,21). The summed E-state index contributed by atoms with van der Waals surface area (Å²) in [5.41, 5.74) is 1.50. The van der Waals surface area contributed by atoms with Gasteiger partial charge < -0.3 is 15.7 Å². The first kappa shape index (κ1) is 15.0. The van der Waals surface area contributed by atoms with Crippen molar-refractivity contribution in [2.45, 2.75) is 13.0 Å². The summed E-state index contributed by atoms with van der Waals surface area (Å²) >= 11 is 0. The van der Waals surface area contributed by atoms with Crippen molar-refractivity contribution in [2.75, 3.05) is 12.4 Å². The number of amides is 1. The van der Waals surface area contributed by atoms with Gasteiger partial charge in [-0.1, -0.05) is 12.1 Å². The van der Waals surface area contributed by atoms with Crippen molar-refractivity contribution in [1.29, 1.82) is 0 Å². The summed E-state index contributed by atoms with van der Waals surface area (Å²) in [5, 5.41) is 15.4. The van der Waals surface area contributed by atoms with Crippen LogP contribution in [-0.2, 0) is 0 Å². The number of hydrogen-bond donors (Lipinski definition) is 3. The van der Waals surface area contributed by atoms with Gasteiger partial charge in [0.05, 0.1) is 5.56 Å². The van der Waals surface area contributed by atoms with Crippen LogP contribution in [0.15, 0.2) is 42.5 Å². The van der Waals surface area contributed by atoms with Gasteiger partial charge in [-0.3, -0.25) is 4.79 Å². The lowest BCUT2D eigenvalue weighted by Crippen LogP contribution is -2.15. The van der Waals surface area contributed by atoms with Crippen LogP contribution in [0.25, 0.3) is 0 Å². The molecule has 3 N–H and O–H groups in total. The Balaban J connectivity index is 2.21. The normalized spacial score (nSPS) is 12.0. The molecular formula is C16H17FN2O2. The molecule has 110 valence electrons. The minimum atomic E-state index is -0.574. The highest BCUT2D eigenvalue weighted by Gasteiger charge is 2.13. The third-order valence-electron chi connectivity index (χ3n) is 3.28. The molecule has 0 fully saturated rings. The molecule has 0 heterocycles. The number of halogens is 1. The van der Waals surface area contributed by atoms with E-state index in [1.807, 2.05) is 32.2 Å². The largest absolute Gasteiger partial charge is 0.507 e. The van der Waals surface area contributed by atoms with E-state index in [0.29, 0.717) is 5.69 Å². The van der Waals surface area contributed by atoms with Crippen molar-refractivity contribution >= 4 is 11.6 Å². The molecule has 1 amide bonds. The molecule has 0 radical (unpaired) electrons. The third-order valence-corrected chi connectivity index (χ3v) is 3.28. The van der Waals surface area contributed by atoms with Gasteiger partial charge in [-0.15, -0.1) is 0 Å². The number of carbonyl (C=O) groups excluding carboxylic acids is 1. The molecule has 2 aromatic carbocycles. The lowest BCUT2D eigenvalue weighted by molar-refractivity contribution is 0.102. The predicted octanol–water partition coefficient (Wildman–Crippen LogP) is 3.06. The van der Waals surface area contributed by atoms with Crippen LogP contribution in [0.5, 0.6) is 5.75 Å². The lowest BCUT2D eigenvalue weighted by Gasteiger charge is -2.13. The van der Waals surface area contributed by atoms with Gasteiger partial charge in [0.2, 0.25) is 0 Å². The summed E-state index contributed by atoms with van der Waals surface area (Å²) in [6.45, 7) is 2.00. The van der Waals surface area contributed by atoms with Crippen LogP contribution < -0.4 is 10.6 Å². The second-order valence-corrected chi connectivity index (χ2v) is 4.75. The van der Waals surface area contributed by atoms with Crippen molar-refractivity contribution in [3.63, 3.8) is 0 Å². The summed E-state index contributed by atoms with van der Waals surface area (Å²) in [6, 6.07) is 10.7. The molecule has 0 spiro atoms. The van der Waals surface area contributed by atoms with Crippen molar-refractivity contribution < 1.29 is 14.3 Å². The zero-order valence-electron chi connectivity index (χ0n) is 11.9. The van der Waals surface area contributed by atoms with E-state index in [-0.39, 0.29) is 17.4 Å². The number of carbonyl (C=O) groups is 1. The molecule has 0 aliphatic carbocycles. The van der Waals surface area contributed by atoms with Crippen LogP contribution in [0.2, 0.25) is 0 Å². The number of nitrogens with one attached hydrogen (secondary N) is 2. The Morgan fingerprint density at radius 3 is 2.71 bits per heavy atom. The number of rotatable bonds is 4. The topological polar surface area (TPSA) is 61.4 Å². The third kappa shape index (κ3) is 3.58. The molecule has 0 aromatic heterocycles. The zero-order chi connectivity index (χ0) is 15.4. The van der Waals surface area contributed by atoms with Crippen LogP contribution in [-0.4, -0.2) is 18.1 Å². The average molecular weight is 288 g/mol. The summed E-state index contributed by atoms with van der Waals surface area (Å²) in [6.07, 6.45) is 0. The first-order valence-corrected chi connectivity index (χ1v) is 6.58. The molecule has 0 saturated carbocycles. The van der Waals surface area contributed by atoms with Crippen LogP contribution >= 0.6 is 0 Å². The molecular weight excluding hydrogens is 271 g/mol. The fourth-order valence-electron chi connectivity index (χ4n) is 1.94. The molecule has 1 atom stereocenters. The molecule has 5 heteroatoms. The van der Waals surface area contributed by atoms with E-state index in [0.717, 1.165) is 23.8 Å². The van der Waals surface area contributed by atoms with E-state index < -0.39 is 11.7 Å². The second kappa shape index (κ2) is 6.37. The quantitative estimate of drug-likeness (QED) is 0.810. The summed E-state index contributed by atoms with van der Waals surface area (Å²) in [5.74, 6) is -1.38. The minimum Gasteiger partial charge on any atom is -0.507 e. The monoisotopic (exact) mass is 288 g/mol.